The molecule has 0 fully saturated rings. The number of carbonyl (C=O) groups excluding carboxylic acids is 2. The van der Waals surface area contributed by atoms with E-state index >= 15 is 0 Å². The van der Waals surface area contributed by atoms with Gasteiger partial charge in [0.05, 0.1) is 24.3 Å². The van der Waals surface area contributed by atoms with E-state index in [0.717, 1.165) is 28.7 Å². The number of benzene rings is 3. The highest BCUT2D eigenvalue weighted by atomic mass is 16.6. The average Bonchev–Trinajstić information content (AvgIpc) is 3.48. The molecule has 11 nitrogen and oxygen atoms in total. The van der Waals surface area contributed by atoms with E-state index in [1.54, 1.807) is 20.8 Å². The van der Waals surface area contributed by atoms with E-state index in [2.05, 4.69) is 16.0 Å². The Balaban J connectivity index is 1.42. The van der Waals surface area contributed by atoms with Gasteiger partial charge < -0.3 is 36.0 Å². The van der Waals surface area contributed by atoms with Crippen LogP contribution in [0.3, 0.4) is 0 Å². The zero-order chi connectivity index (χ0) is 37.1. The maximum Gasteiger partial charge on any atom is 0.408 e. The number of carboxylic acid groups (broad SMARTS) is 1. The van der Waals surface area contributed by atoms with Gasteiger partial charge in [-0.25, -0.2) is 9.59 Å². The molecule has 0 spiro atoms. The minimum atomic E-state index is -1.14. The molecule has 3 aromatic carbocycles. The van der Waals surface area contributed by atoms with Crippen molar-refractivity contribution in [1.29, 1.82) is 0 Å². The lowest BCUT2D eigenvalue weighted by molar-refractivity contribution is -0.125. The Hall–Kier alpha value is -4.45. The maximum absolute atomic E-state index is 13.7. The minimum absolute atomic E-state index is 0.00160. The van der Waals surface area contributed by atoms with Crippen molar-refractivity contribution < 1.29 is 34.4 Å². The summed E-state index contributed by atoms with van der Waals surface area (Å²) in [6, 6.07) is 24.2. The summed E-state index contributed by atoms with van der Waals surface area (Å²) in [5.74, 6) is -0.739. The number of aliphatic hydroxyl groups is 2. The fraction of sp³-hybridized carbons (Fsp3) is 0.475. The van der Waals surface area contributed by atoms with E-state index in [9.17, 15) is 29.7 Å². The van der Waals surface area contributed by atoms with Crippen molar-refractivity contribution in [3.63, 3.8) is 0 Å². The normalized spacial score (nSPS) is 17.1. The highest BCUT2D eigenvalue weighted by Crippen LogP contribution is 2.33. The lowest BCUT2D eigenvalue weighted by Crippen LogP contribution is -2.59. The first-order chi connectivity index (χ1) is 24.2. The minimum Gasteiger partial charge on any atom is -0.465 e. The number of rotatable bonds is 16. The summed E-state index contributed by atoms with van der Waals surface area (Å²) in [5, 5.41) is 41.8. The van der Waals surface area contributed by atoms with Gasteiger partial charge in [0.2, 0.25) is 5.91 Å². The van der Waals surface area contributed by atoms with Gasteiger partial charge in [-0.3, -0.25) is 9.69 Å². The number of amides is 3. The topological polar surface area (TPSA) is 160 Å². The smallest absolute Gasteiger partial charge is 0.408 e. The molecule has 276 valence electrons. The summed E-state index contributed by atoms with van der Waals surface area (Å²) in [4.78, 5) is 40.4. The van der Waals surface area contributed by atoms with Crippen molar-refractivity contribution in [2.75, 3.05) is 13.1 Å². The molecule has 0 heterocycles. The van der Waals surface area contributed by atoms with Gasteiger partial charge in [-0.05, 0) is 74.6 Å². The van der Waals surface area contributed by atoms with Crippen LogP contribution in [0.1, 0.15) is 69.4 Å². The summed E-state index contributed by atoms with van der Waals surface area (Å²) < 4.78 is 5.75. The number of nitrogens with one attached hydrogen (secondary N) is 3. The van der Waals surface area contributed by atoms with E-state index < -0.39 is 54.0 Å². The van der Waals surface area contributed by atoms with E-state index in [4.69, 9.17) is 4.74 Å². The third kappa shape index (κ3) is 11.3. The molecule has 3 amide bonds. The second-order valence-electron chi connectivity index (χ2n) is 14.7. The molecule has 1 aliphatic rings. The fourth-order valence-corrected chi connectivity index (χ4v) is 6.73. The lowest BCUT2D eigenvalue weighted by Gasteiger charge is -2.42. The largest absolute Gasteiger partial charge is 0.465 e. The number of fused-ring (bicyclic) bond motifs is 1. The van der Waals surface area contributed by atoms with Crippen molar-refractivity contribution in [2.45, 2.75) is 102 Å². The van der Waals surface area contributed by atoms with Crippen LogP contribution in [0, 0.1) is 5.92 Å². The van der Waals surface area contributed by atoms with E-state index in [1.807, 2.05) is 98.8 Å². The monoisotopic (exact) mass is 702 g/mol. The SMILES string of the molecule is CC(C)[C@H](NC(=O)OC1CCc2ccccc21)C(=O)N[C@@H](Cc1ccccc1)[C@H](O)CNC[C@@H](O)[C@H](Cc1ccccc1)N(C(=O)O)C(C)(C)C. The lowest BCUT2D eigenvalue weighted by atomic mass is 9.94. The molecule has 4 rings (SSSR count). The number of alkyl carbamates (subject to hydrolysis) is 1. The van der Waals surface area contributed by atoms with Crippen LogP contribution in [-0.4, -0.2) is 87.3 Å². The second kappa shape index (κ2) is 18.2. The summed E-state index contributed by atoms with van der Waals surface area (Å²) in [7, 11) is 0. The van der Waals surface area contributed by atoms with Crippen LogP contribution < -0.4 is 16.0 Å². The highest BCUT2D eigenvalue weighted by Gasteiger charge is 2.38. The van der Waals surface area contributed by atoms with Crippen LogP contribution in [-0.2, 0) is 28.8 Å². The third-order valence-electron chi connectivity index (χ3n) is 9.34. The van der Waals surface area contributed by atoms with Gasteiger partial charge >= 0.3 is 12.2 Å². The van der Waals surface area contributed by atoms with E-state index in [-0.39, 0.29) is 25.1 Å². The van der Waals surface area contributed by atoms with Crippen LogP contribution in [0.25, 0.3) is 0 Å². The van der Waals surface area contributed by atoms with Crippen LogP contribution in [0.15, 0.2) is 84.9 Å². The number of carbonyl (C=O) groups is 3. The predicted molar refractivity (Wildman–Crippen MR) is 196 cm³/mol. The first-order valence-corrected chi connectivity index (χ1v) is 17.8. The quantitative estimate of drug-likeness (QED) is 0.124. The number of ether oxygens (including phenoxy) is 1. The van der Waals surface area contributed by atoms with Crippen molar-refractivity contribution >= 4 is 18.1 Å². The molecule has 1 unspecified atom stereocenters. The van der Waals surface area contributed by atoms with Crippen molar-refractivity contribution in [1.82, 2.24) is 20.9 Å². The van der Waals surface area contributed by atoms with Gasteiger partial charge in [-0.2, -0.15) is 0 Å². The molecular weight excluding hydrogens is 648 g/mol. The molecule has 51 heavy (non-hydrogen) atoms. The molecule has 0 saturated heterocycles. The van der Waals surface area contributed by atoms with Gasteiger partial charge in [-0.1, -0.05) is 98.8 Å². The number of hydrogen-bond acceptors (Lipinski definition) is 7. The van der Waals surface area contributed by atoms with Crippen LogP contribution >= 0.6 is 0 Å². The molecule has 0 saturated carbocycles. The second-order valence-corrected chi connectivity index (χ2v) is 14.7. The molecule has 6 atom stereocenters. The molecule has 0 radical (unpaired) electrons. The van der Waals surface area contributed by atoms with E-state index in [1.165, 1.54) is 4.90 Å². The molecule has 0 aliphatic heterocycles. The first-order valence-electron chi connectivity index (χ1n) is 17.8. The summed E-state index contributed by atoms with van der Waals surface area (Å²) in [6.07, 6.45) is -2.32. The number of nitrogens with zero attached hydrogens (tertiary/aromatic N) is 1. The van der Waals surface area contributed by atoms with Gasteiger partial charge in [0, 0.05) is 18.6 Å². The Morgan fingerprint density at radius 2 is 1.39 bits per heavy atom. The Kier molecular flexibility index (Phi) is 14.0. The standard InChI is InChI=1S/C40H54N4O7/c1-26(2)36(43-38(48)51-35-21-20-29-18-12-13-19-30(29)35)37(47)42-31(22-27-14-8-6-9-15-27)33(45)24-41-25-34(46)32(23-28-16-10-7-11-17-28)44(39(49)50)40(3,4)5/h6-19,26,31-36,41,45-46H,20-25H2,1-5H3,(H,42,47)(H,43,48)(H,49,50)/t31-,32-,33+,34+,35?,36-/m0/s1. The predicted octanol–water partition coefficient (Wildman–Crippen LogP) is 4.85. The Morgan fingerprint density at radius 3 is 1.98 bits per heavy atom. The highest BCUT2D eigenvalue weighted by molar-refractivity contribution is 5.86. The summed E-state index contributed by atoms with van der Waals surface area (Å²) in [5.41, 5.74) is 3.11. The maximum atomic E-state index is 13.7. The number of aliphatic hydroxyl groups excluding tert-OH is 2. The van der Waals surface area contributed by atoms with Gasteiger partial charge in [-0.15, -0.1) is 0 Å². The number of aryl methyl sites for hydroxylation is 1. The summed E-state index contributed by atoms with van der Waals surface area (Å²) in [6.45, 7) is 8.99. The molecular formula is C40H54N4O7. The van der Waals surface area contributed by atoms with Crippen LogP contribution in [0.4, 0.5) is 9.59 Å². The number of hydrogen-bond donors (Lipinski definition) is 6. The van der Waals surface area contributed by atoms with Crippen LogP contribution in [0.5, 0.6) is 0 Å². The Bertz CT molecular complexity index is 1560. The van der Waals surface area contributed by atoms with Crippen molar-refractivity contribution in [2.24, 2.45) is 5.92 Å². The first kappa shape index (κ1) is 39.3. The van der Waals surface area contributed by atoms with Crippen molar-refractivity contribution in [3.05, 3.63) is 107 Å². The molecule has 1 aliphatic carbocycles. The average molecular weight is 703 g/mol. The third-order valence-corrected chi connectivity index (χ3v) is 9.34. The molecule has 0 bridgehead atoms. The van der Waals surface area contributed by atoms with Gasteiger partial charge in [0.25, 0.3) is 0 Å². The van der Waals surface area contributed by atoms with Gasteiger partial charge in [0.1, 0.15) is 12.1 Å². The van der Waals surface area contributed by atoms with E-state index in [0.29, 0.717) is 19.3 Å². The molecule has 11 heteroatoms. The van der Waals surface area contributed by atoms with Gasteiger partial charge in [0.15, 0.2) is 0 Å². The zero-order valence-corrected chi connectivity index (χ0v) is 30.3. The fourth-order valence-electron chi connectivity index (χ4n) is 6.73. The Labute approximate surface area is 301 Å². The summed E-state index contributed by atoms with van der Waals surface area (Å²) >= 11 is 0. The molecule has 6 N–H and O–H groups in total. The van der Waals surface area contributed by atoms with Crippen LogP contribution in [0.2, 0.25) is 0 Å². The molecule has 3 aromatic rings. The Morgan fingerprint density at radius 1 is 0.824 bits per heavy atom. The zero-order valence-electron chi connectivity index (χ0n) is 30.3. The molecule has 0 aromatic heterocycles. The van der Waals surface area contributed by atoms with Crippen molar-refractivity contribution in [3.8, 4) is 0 Å².